The van der Waals surface area contributed by atoms with Gasteiger partial charge in [0.2, 0.25) is 5.91 Å². The van der Waals surface area contributed by atoms with E-state index in [0.29, 0.717) is 85.7 Å². The first-order valence-electron chi connectivity index (χ1n) is 23.6. The molecule has 4 aromatic rings. The van der Waals surface area contributed by atoms with Crippen LogP contribution in [0.5, 0.6) is 11.5 Å². The molecule has 70 heavy (non-hydrogen) atoms. The number of alkyl halides is 4. The van der Waals surface area contributed by atoms with E-state index < -0.39 is 43.2 Å². The molecule has 2 aromatic heterocycles. The molecule has 0 unspecified atom stereocenters. The van der Waals surface area contributed by atoms with Gasteiger partial charge in [-0.05, 0) is 79.9 Å². The van der Waals surface area contributed by atoms with Gasteiger partial charge in [-0.2, -0.15) is 0 Å². The number of benzene rings is 2. The van der Waals surface area contributed by atoms with Crippen molar-refractivity contribution in [3.8, 4) is 33.8 Å². The summed E-state index contributed by atoms with van der Waals surface area (Å²) in [5.74, 6) is -4.74. The van der Waals surface area contributed by atoms with Crippen molar-refractivity contribution in [2.24, 2.45) is 16.9 Å². The van der Waals surface area contributed by atoms with E-state index in [1.165, 1.54) is 61.8 Å². The van der Waals surface area contributed by atoms with Gasteiger partial charge in [0.1, 0.15) is 17.8 Å². The van der Waals surface area contributed by atoms with Crippen LogP contribution in [0.25, 0.3) is 22.3 Å². The van der Waals surface area contributed by atoms with Crippen molar-refractivity contribution < 1.29 is 46.2 Å². The minimum atomic E-state index is -2.91. The number of carbonyl (C=O) groups excluding carboxylic acids is 4. The monoisotopic (exact) mass is 977 g/mol. The number of hydrogen-bond acceptors (Lipinski definition) is 12. The lowest BCUT2D eigenvalue weighted by atomic mass is 9.90. The summed E-state index contributed by atoms with van der Waals surface area (Å²) in [6.07, 6.45) is 14.4. The van der Waals surface area contributed by atoms with Crippen LogP contribution in [0.2, 0.25) is 0 Å². The molecule has 0 atom stereocenters. The third-order valence-electron chi connectivity index (χ3n) is 11.9. The highest BCUT2D eigenvalue weighted by atomic mass is 19.3. The van der Waals surface area contributed by atoms with Gasteiger partial charge in [-0.15, -0.1) is 4.91 Å². The van der Waals surface area contributed by atoms with Crippen LogP contribution in [0.1, 0.15) is 78.5 Å². The van der Waals surface area contributed by atoms with Crippen LogP contribution in [0, 0.1) is 10.8 Å². The van der Waals surface area contributed by atoms with Gasteiger partial charge in [0, 0.05) is 87.8 Å². The maximum Gasteiger partial charge on any atom is 0.267 e. The molecule has 378 valence electrons. The molecule has 3 fully saturated rings. The van der Waals surface area contributed by atoms with Crippen molar-refractivity contribution in [2.75, 3.05) is 79.2 Å². The highest BCUT2D eigenvalue weighted by Crippen LogP contribution is 2.29. The Hall–Kier alpha value is -6.54. The molecule has 4 N–H and O–H groups in total. The van der Waals surface area contributed by atoms with Crippen molar-refractivity contribution in [1.29, 1.82) is 0 Å². The van der Waals surface area contributed by atoms with E-state index in [9.17, 15) is 41.6 Å². The Bertz CT molecular complexity index is 2290. The van der Waals surface area contributed by atoms with Crippen LogP contribution in [0.3, 0.4) is 0 Å². The lowest BCUT2D eigenvalue weighted by Gasteiger charge is -2.18. The van der Waals surface area contributed by atoms with Gasteiger partial charge in [-0.25, -0.2) is 17.6 Å². The number of likely N-dealkylation sites (tertiary alicyclic amines) is 2. The molecule has 7 rings (SSSR count). The van der Waals surface area contributed by atoms with Crippen LogP contribution in [-0.4, -0.2) is 140 Å². The van der Waals surface area contributed by atoms with Gasteiger partial charge >= 0.3 is 0 Å². The van der Waals surface area contributed by atoms with Gasteiger partial charge in [0.25, 0.3) is 23.7 Å². The predicted molar refractivity (Wildman–Crippen MR) is 257 cm³/mol. The molecule has 0 radical (unpaired) electrons. The van der Waals surface area contributed by atoms with E-state index in [2.05, 4.69) is 25.9 Å². The topological polar surface area (TPSA) is 202 Å². The molecule has 1 aliphatic carbocycles. The number of nitrogens with one attached hydrogen (secondary N) is 2. The fraction of sp³-hybridized carbons (Fsp3) is 0.480. The van der Waals surface area contributed by atoms with Gasteiger partial charge in [-0.3, -0.25) is 29.4 Å². The number of nitrogens with two attached hydrogens (primary N) is 1. The van der Waals surface area contributed by atoms with Gasteiger partial charge in [-0.1, -0.05) is 43.5 Å². The number of rotatable bonds is 20. The molecule has 2 aliphatic heterocycles. The Morgan fingerprint density at radius 1 is 0.771 bits per heavy atom. The number of ether oxygens (including phenoxy) is 2. The number of aldehydes is 1. The number of pyridine rings is 2. The van der Waals surface area contributed by atoms with E-state index >= 15 is 0 Å². The summed E-state index contributed by atoms with van der Waals surface area (Å²) in [6.45, 7) is 1.64. The summed E-state index contributed by atoms with van der Waals surface area (Å²) in [6, 6.07) is 17.3. The third kappa shape index (κ3) is 17.8. The summed E-state index contributed by atoms with van der Waals surface area (Å²) in [5, 5.41) is 9.56. The highest BCUT2D eigenvalue weighted by Gasteiger charge is 2.40. The third-order valence-corrected chi connectivity index (χ3v) is 11.9. The molecule has 2 saturated heterocycles. The SMILES string of the molecule is CN1CCC(F)(F)C1.NCC1CCCCC1.O=CCNC(=O)c1ccncc1-c1ccc(OCCCN(CCCOc2ccc(-c3cnccc3C(=O)NCC(=O)N3CCC(F)(F)C3)cc2)N=O)cc1. The Morgan fingerprint density at radius 2 is 1.29 bits per heavy atom. The van der Waals surface area contributed by atoms with E-state index in [4.69, 9.17) is 15.2 Å². The summed E-state index contributed by atoms with van der Waals surface area (Å²) in [4.78, 5) is 70.6. The van der Waals surface area contributed by atoms with E-state index in [-0.39, 0.29) is 37.5 Å². The second-order valence-corrected chi connectivity index (χ2v) is 17.4. The zero-order valence-corrected chi connectivity index (χ0v) is 39.5. The number of amides is 3. The van der Waals surface area contributed by atoms with Gasteiger partial charge in [0.05, 0.1) is 55.8 Å². The molecule has 0 bridgehead atoms. The Kier molecular flexibility index (Phi) is 21.4. The first-order valence-corrected chi connectivity index (χ1v) is 23.6. The van der Waals surface area contributed by atoms with Crippen molar-refractivity contribution in [2.45, 2.75) is 69.6 Å². The number of halogens is 4. The zero-order valence-electron chi connectivity index (χ0n) is 39.5. The molecule has 20 heteroatoms. The van der Waals surface area contributed by atoms with Crippen LogP contribution in [0.4, 0.5) is 17.6 Å². The largest absolute Gasteiger partial charge is 0.494 e. The second kappa shape index (κ2) is 27.6. The quantitative estimate of drug-likeness (QED) is 0.0269. The highest BCUT2D eigenvalue weighted by molar-refractivity contribution is 6.02. The standard InChI is InChI=1S/C38H39F2N7O7.C7H15N.C5H9F2N/c39-38(40)13-19-46(26-38)35(49)25-44-37(51)32-12-15-42-24-34(32)28-5-9-30(10-6-28)54-22-2-18-47(45-52)17-1-21-53-29-7-3-27(4-8-29)33-23-41-14-11-31(33)36(50)43-16-20-48;8-6-7-4-2-1-3-5-7;1-8-3-2-5(6,7)4-8/h3-12,14-15,20,23-24H,1-2,13,16-19,21-22,25-26H2,(H,43,50)(H,44,51);7H,1-6,8H2;2-4H2,1H3. The van der Waals surface area contributed by atoms with Gasteiger partial charge in [0.15, 0.2) is 0 Å². The smallest absolute Gasteiger partial charge is 0.267 e. The summed E-state index contributed by atoms with van der Waals surface area (Å²) >= 11 is 0. The Labute approximate surface area is 405 Å². The first kappa shape index (κ1) is 54.4. The molecule has 3 amide bonds. The van der Waals surface area contributed by atoms with Crippen molar-refractivity contribution in [1.82, 2.24) is 35.4 Å². The fourth-order valence-electron chi connectivity index (χ4n) is 8.05. The first-order chi connectivity index (χ1) is 33.7. The van der Waals surface area contributed by atoms with E-state index in [0.717, 1.165) is 22.9 Å². The van der Waals surface area contributed by atoms with Crippen LogP contribution in [-0.2, 0) is 9.59 Å². The fourth-order valence-corrected chi connectivity index (χ4v) is 8.05. The lowest BCUT2D eigenvalue weighted by Crippen LogP contribution is -2.40. The van der Waals surface area contributed by atoms with Crippen molar-refractivity contribution in [3.63, 3.8) is 0 Å². The summed E-state index contributed by atoms with van der Waals surface area (Å²) < 4.78 is 62.9. The minimum absolute atomic E-state index is 0.0312. The minimum Gasteiger partial charge on any atom is -0.494 e. The molecule has 0 spiro atoms. The molecule has 3 aliphatic rings. The van der Waals surface area contributed by atoms with E-state index in [1.807, 2.05) is 12.1 Å². The molecule has 16 nitrogen and oxygen atoms in total. The predicted octanol–water partition coefficient (Wildman–Crippen LogP) is 7.04. The molecular weight excluding hydrogens is 915 g/mol. The maximum atomic E-state index is 13.5. The molecule has 2 aromatic carbocycles. The molecular formula is C50H63F4N9O7. The normalized spacial score (nSPS) is 16.1. The van der Waals surface area contributed by atoms with Crippen LogP contribution < -0.4 is 25.8 Å². The second-order valence-electron chi connectivity index (χ2n) is 17.4. The Balaban J connectivity index is 0.000000479. The Morgan fingerprint density at radius 3 is 1.70 bits per heavy atom. The lowest BCUT2D eigenvalue weighted by molar-refractivity contribution is -0.130. The van der Waals surface area contributed by atoms with Gasteiger partial charge < -0.3 is 40.4 Å². The van der Waals surface area contributed by atoms with Crippen LogP contribution in [0.15, 0.2) is 90.7 Å². The number of nitroso groups, excluding NO2 is 1. The van der Waals surface area contributed by atoms with E-state index in [1.54, 1.807) is 60.6 Å². The van der Waals surface area contributed by atoms with Crippen LogP contribution >= 0.6 is 0 Å². The average Bonchev–Trinajstić information content (AvgIpc) is 3.92. The van der Waals surface area contributed by atoms with Crippen molar-refractivity contribution >= 4 is 24.0 Å². The number of nitrogens with zero attached hydrogens (tertiary/aromatic N) is 6. The molecule has 4 heterocycles. The average molecular weight is 978 g/mol. The summed E-state index contributed by atoms with van der Waals surface area (Å²) in [7, 11) is 1.71. The number of hydrogen-bond donors (Lipinski definition) is 3. The molecule has 1 saturated carbocycles. The summed E-state index contributed by atoms with van der Waals surface area (Å²) in [5.41, 5.74) is 8.76. The maximum absolute atomic E-state index is 13.5. The number of carbonyl (C=O) groups is 4. The zero-order chi connectivity index (χ0) is 50.4. The number of aromatic nitrogens is 2. The van der Waals surface area contributed by atoms with Crippen molar-refractivity contribution in [3.05, 3.63) is 101 Å².